The summed E-state index contributed by atoms with van der Waals surface area (Å²) in [6.45, 7) is 9.64. The molecule has 1 aliphatic heterocycles. The smallest absolute Gasteiger partial charge is 0.203 e. The van der Waals surface area contributed by atoms with Crippen LogP contribution in [0.4, 0.5) is 0 Å². The number of rotatable bonds is 9. The van der Waals surface area contributed by atoms with Gasteiger partial charge in [-0.3, -0.25) is 4.90 Å². The lowest BCUT2D eigenvalue weighted by Gasteiger charge is -2.35. The van der Waals surface area contributed by atoms with Gasteiger partial charge in [0.1, 0.15) is 0 Å². The molecule has 2 aromatic rings. The Balaban J connectivity index is 1.66. The number of nitrogens with zero attached hydrogens (tertiary/aromatic N) is 1. The maximum absolute atomic E-state index is 5.61. The highest BCUT2D eigenvalue weighted by molar-refractivity contribution is 5.55. The van der Waals surface area contributed by atoms with E-state index in [0.717, 1.165) is 30.5 Å². The third kappa shape index (κ3) is 5.46. The van der Waals surface area contributed by atoms with Crippen LogP contribution in [0.15, 0.2) is 36.4 Å². The highest BCUT2D eigenvalue weighted by Gasteiger charge is 2.22. The van der Waals surface area contributed by atoms with E-state index in [9.17, 15) is 0 Å². The molecule has 5 heteroatoms. The molecule has 1 heterocycles. The Hall–Kier alpha value is -2.24. The molecule has 5 nitrogen and oxygen atoms in total. The molecule has 1 fully saturated rings. The van der Waals surface area contributed by atoms with Crippen LogP contribution in [-0.2, 0) is 19.6 Å². The largest absolute Gasteiger partial charge is 0.493 e. The monoisotopic (exact) mass is 412 g/mol. The molecule has 0 spiro atoms. The summed E-state index contributed by atoms with van der Waals surface area (Å²) >= 11 is 0. The quantitative estimate of drug-likeness (QED) is 0.658. The zero-order valence-electron chi connectivity index (χ0n) is 19.0. The highest BCUT2D eigenvalue weighted by Crippen LogP contribution is 2.39. The molecule has 164 valence electrons. The summed E-state index contributed by atoms with van der Waals surface area (Å²) in [5.74, 6) is 3.57. The summed E-state index contributed by atoms with van der Waals surface area (Å²) in [7, 11) is 4.93. The van der Waals surface area contributed by atoms with Gasteiger partial charge in [-0.15, -0.1) is 0 Å². The van der Waals surface area contributed by atoms with Crippen LogP contribution < -0.4 is 19.5 Å². The summed E-state index contributed by atoms with van der Waals surface area (Å²) in [5.41, 5.74) is 3.81. The van der Waals surface area contributed by atoms with E-state index < -0.39 is 0 Å². The van der Waals surface area contributed by atoms with Crippen LogP contribution >= 0.6 is 0 Å². The molecule has 30 heavy (non-hydrogen) atoms. The number of ether oxygens (including phenoxy) is 3. The van der Waals surface area contributed by atoms with Crippen molar-refractivity contribution in [3.8, 4) is 17.2 Å². The van der Waals surface area contributed by atoms with Crippen molar-refractivity contribution in [3.05, 3.63) is 53.1 Å². The first kappa shape index (κ1) is 22.4. The van der Waals surface area contributed by atoms with E-state index in [2.05, 4.69) is 48.3 Å². The lowest BCUT2D eigenvalue weighted by atomic mass is 9.91. The molecular formula is C25H36N2O3. The number of methoxy groups -OCH3 is 3. The van der Waals surface area contributed by atoms with Crippen LogP contribution in [0.1, 0.15) is 37.0 Å². The van der Waals surface area contributed by atoms with Crippen molar-refractivity contribution in [2.45, 2.75) is 39.9 Å². The van der Waals surface area contributed by atoms with Crippen LogP contribution in [0, 0.1) is 11.8 Å². The minimum atomic E-state index is 0.632. The number of piperidine rings is 1. The van der Waals surface area contributed by atoms with Crippen molar-refractivity contribution in [2.24, 2.45) is 11.8 Å². The average molecular weight is 413 g/mol. The second-order valence-corrected chi connectivity index (χ2v) is 8.51. The zero-order valence-corrected chi connectivity index (χ0v) is 19.0. The Morgan fingerprint density at radius 2 is 1.43 bits per heavy atom. The van der Waals surface area contributed by atoms with Crippen molar-refractivity contribution >= 4 is 0 Å². The van der Waals surface area contributed by atoms with Gasteiger partial charge in [0.2, 0.25) is 5.75 Å². The first-order valence-corrected chi connectivity index (χ1v) is 10.8. The van der Waals surface area contributed by atoms with Crippen LogP contribution in [0.25, 0.3) is 0 Å². The number of nitrogens with one attached hydrogen (secondary N) is 1. The number of benzene rings is 2. The Morgan fingerprint density at radius 3 is 2.07 bits per heavy atom. The molecule has 3 rings (SSSR count). The van der Waals surface area contributed by atoms with Crippen LogP contribution in [0.5, 0.6) is 17.2 Å². The van der Waals surface area contributed by atoms with Gasteiger partial charge < -0.3 is 19.5 Å². The molecular weight excluding hydrogens is 376 g/mol. The minimum absolute atomic E-state index is 0.632. The molecule has 1 aliphatic rings. The van der Waals surface area contributed by atoms with Gasteiger partial charge in [0, 0.05) is 38.3 Å². The summed E-state index contributed by atoms with van der Waals surface area (Å²) in [6.07, 6.45) is 1.34. The minimum Gasteiger partial charge on any atom is -0.493 e. The standard InChI is InChI=1S/C25H36N2O3/c1-18-12-19(2)16-27(15-18)17-22-9-7-6-8-20(22)13-26-14-21-10-11-23(28-3)25(30-5)24(21)29-4/h6-11,18-19,26H,12-17H2,1-5H3/t18-,19-/m1/s1. The summed E-state index contributed by atoms with van der Waals surface area (Å²) in [4.78, 5) is 2.61. The van der Waals surface area contributed by atoms with E-state index in [4.69, 9.17) is 14.2 Å². The highest BCUT2D eigenvalue weighted by atomic mass is 16.5. The van der Waals surface area contributed by atoms with Crippen molar-refractivity contribution in [1.29, 1.82) is 0 Å². The molecule has 2 atom stereocenters. The topological polar surface area (TPSA) is 43.0 Å². The summed E-state index contributed by atoms with van der Waals surface area (Å²) in [5, 5.41) is 3.58. The first-order chi connectivity index (χ1) is 14.5. The van der Waals surface area contributed by atoms with Crippen molar-refractivity contribution in [2.75, 3.05) is 34.4 Å². The molecule has 1 saturated heterocycles. The molecule has 0 radical (unpaired) electrons. The van der Waals surface area contributed by atoms with E-state index in [1.807, 2.05) is 12.1 Å². The maximum atomic E-state index is 5.61. The number of hydrogen-bond acceptors (Lipinski definition) is 5. The molecule has 0 amide bonds. The van der Waals surface area contributed by atoms with E-state index in [1.165, 1.54) is 30.6 Å². The van der Waals surface area contributed by atoms with Crippen LogP contribution in [-0.4, -0.2) is 39.3 Å². The van der Waals surface area contributed by atoms with Crippen molar-refractivity contribution < 1.29 is 14.2 Å². The van der Waals surface area contributed by atoms with E-state index in [-0.39, 0.29) is 0 Å². The first-order valence-electron chi connectivity index (χ1n) is 10.8. The van der Waals surface area contributed by atoms with Crippen LogP contribution in [0.2, 0.25) is 0 Å². The van der Waals surface area contributed by atoms with Gasteiger partial charge in [0.05, 0.1) is 21.3 Å². The average Bonchev–Trinajstić information content (AvgIpc) is 2.73. The van der Waals surface area contributed by atoms with E-state index >= 15 is 0 Å². The molecule has 0 unspecified atom stereocenters. The van der Waals surface area contributed by atoms with Crippen molar-refractivity contribution in [1.82, 2.24) is 10.2 Å². The van der Waals surface area contributed by atoms with Gasteiger partial charge >= 0.3 is 0 Å². The second kappa shape index (κ2) is 10.7. The van der Waals surface area contributed by atoms with Gasteiger partial charge in [-0.25, -0.2) is 0 Å². The predicted octanol–water partition coefficient (Wildman–Crippen LogP) is 4.48. The fourth-order valence-corrected chi connectivity index (χ4v) is 4.68. The van der Waals surface area contributed by atoms with Gasteiger partial charge in [-0.05, 0) is 35.4 Å². The number of hydrogen-bond donors (Lipinski definition) is 1. The molecule has 0 bridgehead atoms. The Bertz CT molecular complexity index is 814. The molecule has 0 aliphatic carbocycles. The molecule has 1 N–H and O–H groups in total. The van der Waals surface area contributed by atoms with E-state index in [0.29, 0.717) is 23.8 Å². The lowest BCUT2D eigenvalue weighted by Crippen LogP contribution is -2.38. The van der Waals surface area contributed by atoms with Crippen molar-refractivity contribution in [3.63, 3.8) is 0 Å². The number of likely N-dealkylation sites (tertiary alicyclic amines) is 1. The zero-order chi connectivity index (χ0) is 21.5. The predicted molar refractivity (Wildman–Crippen MR) is 121 cm³/mol. The fourth-order valence-electron chi connectivity index (χ4n) is 4.68. The van der Waals surface area contributed by atoms with Gasteiger partial charge in [-0.2, -0.15) is 0 Å². The third-order valence-electron chi connectivity index (χ3n) is 5.87. The van der Waals surface area contributed by atoms with E-state index in [1.54, 1.807) is 21.3 Å². The molecule has 2 aromatic carbocycles. The molecule has 0 aromatic heterocycles. The Kier molecular flexibility index (Phi) is 8.00. The normalized spacial score (nSPS) is 19.5. The lowest BCUT2D eigenvalue weighted by molar-refractivity contribution is 0.134. The van der Waals surface area contributed by atoms with Gasteiger partial charge in [-0.1, -0.05) is 44.2 Å². The SMILES string of the molecule is COc1ccc(CNCc2ccccc2CN2C[C@H](C)C[C@@H](C)C2)c(OC)c1OC. The second-order valence-electron chi connectivity index (χ2n) is 8.51. The van der Waals surface area contributed by atoms with Crippen LogP contribution in [0.3, 0.4) is 0 Å². The fraction of sp³-hybridized carbons (Fsp3) is 0.520. The Morgan fingerprint density at radius 1 is 0.800 bits per heavy atom. The molecule has 0 saturated carbocycles. The maximum Gasteiger partial charge on any atom is 0.203 e. The summed E-state index contributed by atoms with van der Waals surface area (Å²) < 4.78 is 16.5. The third-order valence-corrected chi connectivity index (χ3v) is 5.87. The van der Waals surface area contributed by atoms with Gasteiger partial charge in [0.15, 0.2) is 11.5 Å². The Labute approximate surface area is 181 Å². The van der Waals surface area contributed by atoms with Gasteiger partial charge in [0.25, 0.3) is 0 Å². The summed E-state index contributed by atoms with van der Waals surface area (Å²) in [6, 6.07) is 12.7.